The van der Waals surface area contributed by atoms with Gasteiger partial charge in [-0.1, -0.05) is 0 Å². The van der Waals surface area contributed by atoms with Crippen molar-refractivity contribution in [2.75, 3.05) is 0 Å². The van der Waals surface area contributed by atoms with E-state index in [1.54, 1.807) is 0 Å². The first kappa shape index (κ1) is 30.5. The number of hydrogen-bond acceptors (Lipinski definition) is 3. The molecule has 0 aliphatic heterocycles. The van der Waals surface area contributed by atoms with Crippen molar-refractivity contribution >= 4 is 68.6 Å². The van der Waals surface area contributed by atoms with Crippen LogP contribution < -0.4 is 9.79 Å². The van der Waals surface area contributed by atoms with E-state index in [1.807, 2.05) is 0 Å². The Bertz CT molecular complexity index is 59.2. The monoisotopic (exact) mass is 198 g/mol. The van der Waals surface area contributed by atoms with Gasteiger partial charge in [0.15, 0.2) is 0 Å². The largest absolute Gasteiger partial charge is 2.00 e. The molecular formula is H7CaMgO6P. The Kier molecular flexibility index (Phi) is 43.0. The van der Waals surface area contributed by atoms with Crippen LogP contribution in [0.4, 0.5) is 0 Å². The van der Waals surface area contributed by atoms with Crippen LogP contribution in [0.25, 0.3) is 0 Å². The molecule has 9 heteroatoms. The van der Waals surface area contributed by atoms with Crippen LogP contribution in [0.3, 0.4) is 0 Å². The van der Waals surface area contributed by atoms with E-state index >= 15 is 0 Å². The molecule has 9 heavy (non-hydrogen) atoms. The Labute approximate surface area is 97.7 Å². The molecule has 0 fully saturated rings. The van der Waals surface area contributed by atoms with Crippen LogP contribution in [-0.4, -0.2) is 76.6 Å². The van der Waals surface area contributed by atoms with Crippen LogP contribution >= 0.6 is 7.82 Å². The maximum atomic E-state index is 8.66. The van der Waals surface area contributed by atoms with Crippen molar-refractivity contribution in [2.24, 2.45) is 0 Å². The molecule has 5 N–H and O–H groups in total. The number of rotatable bonds is 0. The summed E-state index contributed by atoms with van der Waals surface area (Å²) in [6, 6.07) is 0. The molecule has 0 aliphatic rings. The van der Waals surface area contributed by atoms with Crippen LogP contribution in [0.2, 0.25) is 0 Å². The van der Waals surface area contributed by atoms with E-state index in [2.05, 4.69) is 0 Å². The number of hydrogen-bond donors (Lipinski definition) is 1. The van der Waals surface area contributed by atoms with Crippen molar-refractivity contribution < 1.29 is 30.2 Å². The first-order valence-electron chi connectivity index (χ1n) is 0.748. The summed E-state index contributed by atoms with van der Waals surface area (Å²) in [6.45, 7) is 0. The molecule has 0 rings (SSSR count). The maximum absolute atomic E-state index is 8.66. The van der Waals surface area contributed by atoms with Crippen LogP contribution in [0.15, 0.2) is 0 Å². The fraction of sp³-hybridized carbons (Fsp3) is 0. The standard InChI is InChI=1S/Ca.Mg.H3O4P.2H2O.2H/c;;1-5(2,3)4;;;;/h;;(H3,1,2,3,4);2*1H2;;/q+2;;;;;;/p-2. The average molecular weight is 198 g/mol. The van der Waals surface area contributed by atoms with Gasteiger partial charge in [0.05, 0.1) is 7.82 Å². The van der Waals surface area contributed by atoms with Gasteiger partial charge >= 0.3 is 60.8 Å². The average Bonchev–Trinajstić information content (AvgIpc) is 0.722. The third-order valence-corrected chi connectivity index (χ3v) is 0. The van der Waals surface area contributed by atoms with Crippen LogP contribution in [-0.2, 0) is 4.57 Å². The molecule has 0 aromatic heterocycles. The molecule has 0 bridgehead atoms. The minimum absolute atomic E-state index is 0. The summed E-state index contributed by atoms with van der Waals surface area (Å²) in [5.74, 6) is 0. The molecule has 0 spiro atoms. The second-order valence-corrected chi connectivity index (χ2v) is 1.41. The van der Waals surface area contributed by atoms with E-state index in [9.17, 15) is 0 Å². The van der Waals surface area contributed by atoms with E-state index in [0.29, 0.717) is 0 Å². The molecule has 0 saturated carbocycles. The summed E-state index contributed by atoms with van der Waals surface area (Å²) in [5.41, 5.74) is 0. The van der Waals surface area contributed by atoms with Crippen molar-refractivity contribution in [1.29, 1.82) is 0 Å². The zero-order valence-corrected chi connectivity index (χ0v) is 6.93. The Morgan fingerprint density at radius 1 is 1.22 bits per heavy atom. The van der Waals surface area contributed by atoms with Gasteiger partial charge in [-0.2, -0.15) is 0 Å². The molecular weight excluding hydrogens is 191 g/mol. The normalized spacial score (nSPS) is 6.56. The zero-order chi connectivity index (χ0) is 4.50. The van der Waals surface area contributed by atoms with Crippen molar-refractivity contribution in [1.82, 2.24) is 0 Å². The van der Waals surface area contributed by atoms with Gasteiger partial charge in [-0.25, -0.2) is 0 Å². The molecule has 0 unspecified atom stereocenters. The molecule has 0 amide bonds. The van der Waals surface area contributed by atoms with Gasteiger partial charge in [0.25, 0.3) is 0 Å². The van der Waals surface area contributed by atoms with E-state index in [1.165, 1.54) is 0 Å². The molecule has 0 aliphatic carbocycles. The van der Waals surface area contributed by atoms with Crippen LogP contribution in [0.1, 0.15) is 0 Å². The minimum Gasteiger partial charge on any atom is -0.790 e. The first-order chi connectivity index (χ1) is 2.00. The van der Waals surface area contributed by atoms with E-state index in [-0.39, 0.29) is 71.7 Å². The van der Waals surface area contributed by atoms with E-state index < -0.39 is 7.82 Å². The molecule has 6 nitrogen and oxygen atoms in total. The minimum atomic E-state index is -5.14. The van der Waals surface area contributed by atoms with Gasteiger partial charge in [0, 0.05) is 0 Å². The van der Waals surface area contributed by atoms with Crippen LogP contribution in [0.5, 0.6) is 0 Å². The molecule has 0 saturated heterocycles. The van der Waals surface area contributed by atoms with Gasteiger partial charge in [-0.15, -0.1) is 0 Å². The molecule has 0 atom stereocenters. The molecule has 0 radical (unpaired) electrons. The Morgan fingerprint density at radius 2 is 1.22 bits per heavy atom. The Morgan fingerprint density at radius 3 is 1.22 bits per heavy atom. The topological polar surface area (TPSA) is 146 Å². The maximum Gasteiger partial charge on any atom is 2.00 e. The summed E-state index contributed by atoms with van der Waals surface area (Å²) in [6.07, 6.45) is 0. The second-order valence-electron chi connectivity index (χ2n) is 0.469. The summed E-state index contributed by atoms with van der Waals surface area (Å²) < 4.78 is 8.66. The first-order valence-corrected chi connectivity index (χ1v) is 2.24. The molecule has 0 aromatic carbocycles. The quantitative estimate of drug-likeness (QED) is 0.306. The second kappa shape index (κ2) is 12.7. The predicted molar refractivity (Wildman–Crippen MR) is 31.4 cm³/mol. The smallest absolute Gasteiger partial charge is 0.790 e. The Balaban J connectivity index is -0.0000000133. The van der Waals surface area contributed by atoms with Crippen LogP contribution in [0, 0.1) is 0 Å². The Hall–Kier alpha value is 2.06. The van der Waals surface area contributed by atoms with Gasteiger partial charge in [0.1, 0.15) is 0 Å². The van der Waals surface area contributed by atoms with Crippen molar-refractivity contribution in [3.63, 3.8) is 0 Å². The third-order valence-electron chi connectivity index (χ3n) is 0. The summed E-state index contributed by atoms with van der Waals surface area (Å²) >= 11 is 0. The van der Waals surface area contributed by atoms with Crippen molar-refractivity contribution in [3.8, 4) is 0 Å². The van der Waals surface area contributed by atoms with Crippen molar-refractivity contribution in [3.05, 3.63) is 0 Å². The summed E-state index contributed by atoms with van der Waals surface area (Å²) in [5, 5.41) is 0. The third kappa shape index (κ3) is 154. The van der Waals surface area contributed by atoms with Gasteiger partial charge in [0.2, 0.25) is 0 Å². The van der Waals surface area contributed by atoms with Crippen molar-refractivity contribution in [2.45, 2.75) is 0 Å². The summed E-state index contributed by atoms with van der Waals surface area (Å²) in [4.78, 5) is 24.3. The SMILES string of the molecule is O.O.O=P([O-])([O-])O.[Ca+2].[MgH2]. The molecule has 52 valence electrons. The van der Waals surface area contributed by atoms with E-state index in [0.717, 1.165) is 0 Å². The fourth-order valence-corrected chi connectivity index (χ4v) is 0. The predicted octanol–water partition coefficient (Wildman–Crippen LogP) is -5.14. The van der Waals surface area contributed by atoms with Gasteiger partial charge in [-0.3, -0.25) is 0 Å². The fourth-order valence-electron chi connectivity index (χ4n) is 0. The van der Waals surface area contributed by atoms with Gasteiger partial charge < -0.3 is 30.2 Å². The van der Waals surface area contributed by atoms with Gasteiger partial charge in [-0.05, 0) is 0 Å². The molecule has 0 heterocycles. The zero-order valence-electron chi connectivity index (χ0n) is 3.83. The number of phosphoric acid groups is 1. The molecule has 0 aromatic rings. The van der Waals surface area contributed by atoms with E-state index in [4.69, 9.17) is 19.2 Å². The summed E-state index contributed by atoms with van der Waals surface area (Å²) in [7, 11) is -5.14.